The van der Waals surface area contributed by atoms with E-state index in [-0.39, 0.29) is 17.3 Å². The quantitative estimate of drug-likeness (QED) is 0.619. The van der Waals surface area contributed by atoms with Crippen molar-refractivity contribution >= 4 is 23.7 Å². The van der Waals surface area contributed by atoms with Crippen LogP contribution in [0.4, 0.5) is 10.6 Å². The van der Waals surface area contributed by atoms with E-state index in [2.05, 4.69) is 15.6 Å². The number of carbonyl (C=O) groups excluding carboxylic acids is 2. The Morgan fingerprint density at radius 3 is 2.50 bits per heavy atom. The molecule has 3 amide bonds. The third-order valence-electron chi connectivity index (χ3n) is 2.51. The molecule has 1 atom stereocenters. The molecule has 1 unspecified atom stereocenters. The summed E-state index contributed by atoms with van der Waals surface area (Å²) in [6, 6.07) is 0.885. The molecule has 108 valence electrons. The van der Waals surface area contributed by atoms with Gasteiger partial charge in [0, 0.05) is 6.20 Å². The van der Waals surface area contributed by atoms with Gasteiger partial charge in [0.25, 0.3) is 0 Å². The van der Waals surface area contributed by atoms with Gasteiger partial charge in [0.05, 0.1) is 5.56 Å². The first-order valence-electron chi connectivity index (χ1n) is 5.87. The molecule has 1 aromatic heterocycles. The molecule has 0 aliphatic rings. The third-order valence-corrected chi connectivity index (χ3v) is 2.51. The fraction of sp³-hybridized carbons (Fsp3) is 0.333. The second kappa shape index (κ2) is 6.50. The van der Waals surface area contributed by atoms with E-state index in [1.807, 2.05) is 0 Å². The number of hydrogen-bond donors (Lipinski definition) is 4. The number of nitrogens with two attached hydrogens (primary N) is 1. The molecule has 20 heavy (non-hydrogen) atoms. The van der Waals surface area contributed by atoms with Crippen molar-refractivity contribution in [1.82, 2.24) is 10.3 Å². The van der Waals surface area contributed by atoms with Crippen LogP contribution in [0.5, 0.6) is 0 Å². The minimum absolute atomic E-state index is 0.000688. The summed E-state index contributed by atoms with van der Waals surface area (Å²) in [5.41, 5.74) is 5.00. The zero-order valence-corrected chi connectivity index (χ0v) is 11.1. The number of nitrogens with zero attached hydrogens (tertiary/aromatic N) is 1. The minimum Gasteiger partial charge on any atom is -0.478 e. The first-order chi connectivity index (χ1) is 9.31. The molecule has 1 heterocycles. The van der Waals surface area contributed by atoms with E-state index in [1.54, 1.807) is 13.8 Å². The molecule has 0 aliphatic carbocycles. The van der Waals surface area contributed by atoms with Crippen molar-refractivity contribution in [3.05, 3.63) is 23.9 Å². The number of pyridine rings is 1. The summed E-state index contributed by atoms with van der Waals surface area (Å²) in [4.78, 5) is 37.5. The highest BCUT2D eigenvalue weighted by Gasteiger charge is 2.23. The number of aromatic carboxylic acids is 1. The van der Waals surface area contributed by atoms with Crippen LogP contribution in [0.15, 0.2) is 18.3 Å². The zero-order chi connectivity index (χ0) is 15.3. The summed E-state index contributed by atoms with van der Waals surface area (Å²) < 4.78 is 0. The number of urea groups is 1. The molecule has 0 saturated heterocycles. The summed E-state index contributed by atoms with van der Waals surface area (Å²) in [6.45, 7) is 3.47. The van der Waals surface area contributed by atoms with Crippen molar-refractivity contribution in [1.29, 1.82) is 0 Å². The topological polar surface area (TPSA) is 134 Å². The largest absolute Gasteiger partial charge is 0.478 e. The number of nitrogens with one attached hydrogen (secondary N) is 2. The van der Waals surface area contributed by atoms with Gasteiger partial charge in [0.15, 0.2) is 0 Å². The van der Waals surface area contributed by atoms with Crippen LogP contribution in [-0.4, -0.2) is 34.0 Å². The van der Waals surface area contributed by atoms with Gasteiger partial charge in [-0.05, 0) is 18.1 Å². The predicted molar refractivity (Wildman–Crippen MR) is 71.2 cm³/mol. The van der Waals surface area contributed by atoms with Crippen LogP contribution in [0, 0.1) is 5.92 Å². The normalized spacial score (nSPS) is 11.8. The van der Waals surface area contributed by atoms with Crippen LogP contribution in [-0.2, 0) is 4.79 Å². The standard InChI is InChI=1S/C12H16N4O4/c1-6(2)9(16-12(13)20)10(17)15-8-5-7(11(18)19)3-4-14-8/h3-6,9H,1-2H3,(H,18,19)(H3,13,16,20)(H,14,15,17). The Labute approximate surface area is 115 Å². The monoisotopic (exact) mass is 280 g/mol. The molecule has 5 N–H and O–H groups in total. The minimum atomic E-state index is -1.13. The van der Waals surface area contributed by atoms with Gasteiger partial charge >= 0.3 is 12.0 Å². The Morgan fingerprint density at radius 1 is 1.35 bits per heavy atom. The number of carboxylic acids is 1. The number of amides is 3. The highest BCUT2D eigenvalue weighted by Crippen LogP contribution is 2.09. The molecule has 1 aromatic rings. The van der Waals surface area contributed by atoms with E-state index < -0.39 is 23.9 Å². The van der Waals surface area contributed by atoms with Gasteiger partial charge in [-0.25, -0.2) is 14.6 Å². The number of anilines is 1. The van der Waals surface area contributed by atoms with Crippen LogP contribution < -0.4 is 16.4 Å². The highest BCUT2D eigenvalue weighted by molar-refractivity contribution is 5.97. The summed E-state index contributed by atoms with van der Waals surface area (Å²) in [6.07, 6.45) is 1.27. The zero-order valence-electron chi connectivity index (χ0n) is 11.1. The molecule has 8 heteroatoms. The van der Waals surface area contributed by atoms with Gasteiger partial charge in [0.1, 0.15) is 11.9 Å². The molecule has 0 fully saturated rings. The lowest BCUT2D eigenvalue weighted by Crippen LogP contribution is -2.49. The van der Waals surface area contributed by atoms with Crippen molar-refractivity contribution in [3.63, 3.8) is 0 Å². The summed E-state index contributed by atoms with van der Waals surface area (Å²) in [7, 11) is 0. The van der Waals surface area contributed by atoms with Crippen LogP contribution >= 0.6 is 0 Å². The Bertz CT molecular complexity index is 530. The van der Waals surface area contributed by atoms with E-state index in [9.17, 15) is 14.4 Å². The van der Waals surface area contributed by atoms with Gasteiger partial charge in [-0.1, -0.05) is 13.8 Å². The number of carbonyl (C=O) groups is 3. The molecular weight excluding hydrogens is 264 g/mol. The van der Waals surface area contributed by atoms with Crippen LogP contribution in [0.3, 0.4) is 0 Å². The molecule has 0 radical (unpaired) electrons. The van der Waals surface area contributed by atoms with Gasteiger partial charge in [-0.2, -0.15) is 0 Å². The van der Waals surface area contributed by atoms with Gasteiger partial charge in [-0.3, -0.25) is 4.79 Å². The summed E-state index contributed by atoms with van der Waals surface area (Å²) in [5, 5.41) is 13.6. The molecular formula is C12H16N4O4. The lowest BCUT2D eigenvalue weighted by molar-refractivity contribution is -0.118. The second-order valence-electron chi connectivity index (χ2n) is 4.45. The molecule has 0 bridgehead atoms. The first-order valence-corrected chi connectivity index (χ1v) is 5.87. The average Bonchev–Trinajstić information content (AvgIpc) is 2.35. The Morgan fingerprint density at radius 2 is 2.00 bits per heavy atom. The lowest BCUT2D eigenvalue weighted by atomic mass is 10.0. The highest BCUT2D eigenvalue weighted by atomic mass is 16.4. The van der Waals surface area contributed by atoms with E-state index >= 15 is 0 Å². The number of primary amides is 1. The van der Waals surface area contributed by atoms with Gasteiger partial charge < -0.3 is 21.5 Å². The Kier molecular flexibility index (Phi) is 5.01. The summed E-state index contributed by atoms with van der Waals surface area (Å²) in [5.74, 6) is -1.75. The molecule has 8 nitrogen and oxygen atoms in total. The fourth-order valence-corrected chi connectivity index (χ4v) is 1.52. The Balaban J connectivity index is 2.85. The molecule has 0 spiro atoms. The van der Waals surface area contributed by atoms with Crippen molar-refractivity contribution in [2.75, 3.05) is 5.32 Å². The first kappa shape index (κ1) is 15.4. The maximum absolute atomic E-state index is 12.0. The average molecular weight is 280 g/mol. The number of rotatable bonds is 5. The fourth-order valence-electron chi connectivity index (χ4n) is 1.52. The third kappa shape index (κ3) is 4.23. The van der Waals surface area contributed by atoms with Crippen LogP contribution in [0.1, 0.15) is 24.2 Å². The SMILES string of the molecule is CC(C)C(NC(N)=O)C(=O)Nc1cc(C(=O)O)ccn1. The van der Waals surface area contributed by atoms with Crippen LogP contribution in [0.2, 0.25) is 0 Å². The van der Waals surface area contributed by atoms with Crippen molar-refractivity contribution in [3.8, 4) is 0 Å². The van der Waals surface area contributed by atoms with E-state index in [0.29, 0.717) is 0 Å². The maximum atomic E-state index is 12.0. The van der Waals surface area contributed by atoms with Gasteiger partial charge in [0.2, 0.25) is 5.91 Å². The maximum Gasteiger partial charge on any atom is 0.335 e. The predicted octanol–water partition coefficient (Wildman–Crippen LogP) is 0.411. The van der Waals surface area contributed by atoms with E-state index in [0.717, 1.165) is 0 Å². The summed E-state index contributed by atoms with van der Waals surface area (Å²) >= 11 is 0. The number of hydrogen-bond acceptors (Lipinski definition) is 4. The second-order valence-corrected chi connectivity index (χ2v) is 4.45. The van der Waals surface area contributed by atoms with E-state index in [1.165, 1.54) is 18.3 Å². The van der Waals surface area contributed by atoms with Crippen molar-refractivity contribution < 1.29 is 19.5 Å². The van der Waals surface area contributed by atoms with Crippen molar-refractivity contribution in [2.45, 2.75) is 19.9 Å². The number of aromatic nitrogens is 1. The molecule has 0 aliphatic heterocycles. The van der Waals surface area contributed by atoms with E-state index in [4.69, 9.17) is 10.8 Å². The molecule has 1 rings (SSSR count). The smallest absolute Gasteiger partial charge is 0.335 e. The lowest BCUT2D eigenvalue weighted by Gasteiger charge is -2.20. The Hall–Kier alpha value is -2.64. The van der Waals surface area contributed by atoms with Gasteiger partial charge in [-0.15, -0.1) is 0 Å². The van der Waals surface area contributed by atoms with Crippen molar-refractivity contribution in [2.24, 2.45) is 11.7 Å². The number of carboxylic acid groups (broad SMARTS) is 1. The molecule has 0 saturated carbocycles. The van der Waals surface area contributed by atoms with Crippen LogP contribution in [0.25, 0.3) is 0 Å². The molecule has 0 aromatic carbocycles.